The highest BCUT2D eigenvalue weighted by molar-refractivity contribution is 6.07. The van der Waals surface area contributed by atoms with Gasteiger partial charge in [-0.1, -0.05) is 62.7 Å². The zero-order valence-corrected chi connectivity index (χ0v) is 22.6. The number of pyridine rings is 1. The van der Waals surface area contributed by atoms with E-state index in [1.54, 1.807) is 22.9 Å². The summed E-state index contributed by atoms with van der Waals surface area (Å²) in [5.41, 5.74) is 3.07. The number of anilines is 2. The van der Waals surface area contributed by atoms with E-state index in [0.717, 1.165) is 27.7 Å². The van der Waals surface area contributed by atoms with Crippen LogP contribution in [-0.2, 0) is 5.41 Å². The number of aromatic nitrogens is 3. The molecule has 5 rings (SSSR count). The van der Waals surface area contributed by atoms with Crippen LogP contribution in [0.4, 0.5) is 16.3 Å². The summed E-state index contributed by atoms with van der Waals surface area (Å²) in [5, 5.41) is 21.4. The largest absolute Gasteiger partial charge is 0.477 e. The average Bonchev–Trinajstić information content (AvgIpc) is 3.35. The summed E-state index contributed by atoms with van der Waals surface area (Å²) in [6.07, 6.45) is 1.38. The molecule has 40 heavy (non-hydrogen) atoms. The van der Waals surface area contributed by atoms with Crippen molar-refractivity contribution in [3.8, 4) is 17.2 Å². The van der Waals surface area contributed by atoms with Crippen molar-refractivity contribution in [2.24, 2.45) is 0 Å². The Hall–Kier alpha value is -5.18. The van der Waals surface area contributed by atoms with E-state index in [-0.39, 0.29) is 11.1 Å². The summed E-state index contributed by atoms with van der Waals surface area (Å²) < 4.78 is 7.73. The lowest BCUT2D eigenvalue weighted by Crippen LogP contribution is -2.21. The number of rotatable bonds is 6. The molecule has 0 saturated carbocycles. The molecule has 0 aliphatic heterocycles. The number of aromatic carboxylic acids is 1. The van der Waals surface area contributed by atoms with Gasteiger partial charge in [0, 0.05) is 34.5 Å². The Balaban J connectivity index is 1.42. The van der Waals surface area contributed by atoms with E-state index >= 15 is 0 Å². The van der Waals surface area contributed by atoms with Crippen molar-refractivity contribution in [1.82, 2.24) is 14.8 Å². The number of carbonyl (C=O) groups is 2. The fraction of sp³-hybridized carbons (Fsp3) is 0.161. The maximum absolute atomic E-state index is 13.2. The van der Waals surface area contributed by atoms with Gasteiger partial charge in [0.2, 0.25) is 0 Å². The van der Waals surface area contributed by atoms with Gasteiger partial charge in [0.05, 0.1) is 17.1 Å². The van der Waals surface area contributed by atoms with E-state index in [2.05, 4.69) is 36.4 Å². The lowest BCUT2D eigenvalue weighted by molar-refractivity contribution is 0.0690. The highest BCUT2D eigenvalue weighted by Gasteiger charge is 2.22. The van der Waals surface area contributed by atoms with Crippen molar-refractivity contribution in [2.45, 2.75) is 33.1 Å². The van der Waals surface area contributed by atoms with Crippen LogP contribution in [0.3, 0.4) is 0 Å². The second-order valence-corrected chi connectivity index (χ2v) is 10.4. The Morgan fingerprint density at radius 2 is 1.62 bits per heavy atom. The van der Waals surface area contributed by atoms with Gasteiger partial charge in [0.1, 0.15) is 17.3 Å². The predicted molar refractivity (Wildman–Crippen MR) is 155 cm³/mol. The minimum atomic E-state index is -1.14. The first-order chi connectivity index (χ1) is 19.1. The Morgan fingerprint density at radius 3 is 2.33 bits per heavy atom. The molecule has 3 N–H and O–H groups in total. The van der Waals surface area contributed by atoms with Crippen LogP contribution in [0.15, 0.2) is 85.1 Å². The van der Waals surface area contributed by atoms with Crippen LogP contribution < -0.4 is 15.4 Å². The van der Waals surface area contributed by atoms with Crippen LogP contribution in [-0.4, -0.2) is 31.9 Å². The number of carboxylic acids is 1. The fourth-order valence-corrected chi connectivity index (χ4v) is 4.18. The second-order valence-electron chi connectivity index (χ2n) is 10.4. The molecule has 3 aromatic carbocycles. The molecule has 0 spiro atoms. The first kappa shape index (κ1) is 26.4. The number of urea groups is 1. The van der Waals surface area contributed by atoms with Crippen LogP contribution in [0.5, 0.6) is 11.5 Å². The minimum Gasteiger partial charge on any atom is -0.477 e. The van der Waals surface area contributed by atoms with Gasteiger partial charge in [-0.25, -0.2) is 19.3 Å². The van der Waals surface area contributed by atoms with Crippen LogP contribution in [0, 0.1) is 6.92 Å². The number of benzene rings is 3. The van der Waals surface area contributed by atoms with Crippen LogP contribution in [0.2, 0.25) is 0 Å². The molecule has 5 aromatic rings. The Kier molecular flexibility index (Phi) is 6.96. The van der Waals surface area contributed by atoms with Crippen LogP contribution >= 0.6 is 0 Å². The molecule has 202 valence electrons. The maximum Gasteiger partial charge on any atom is 0.354 e. The number of hydrogen-bond acceptors (Lipinski definition) is 5. The Bertz CT molecular complexity index is 1720. The van der Waals surface area contributed by atoms with E-state index in [0.29, 0.717) is 23.0 Å². The number of carboxylic acid groups (broad SMARTS) is 1. The molecule has 0 fully saturated rings. The number of hydrogen-bond donors (Lipinski definition) is 3. The maximum atomic E-state index is 13.2. The minimum absolute atomic E-state index is 0.115. The molecule has 9 heteroatoms. The number of ether oxygens (including phenoxy) is 1. The lowest BCUT2D eigenvalue weighted by Gasteiger charge is -2.14. The summed E-state index contributed by atoms with van der Waals surface area (Å²) in [4.78, 5) is 28.4. The number of fused-ring (bicyclic) bond motifs is 1. The number of aryl methyl sites for hydroxylation is 1. The highest BCUT2D eigenvalue weighted by Crippen LogP contribution is 2.35. The van der Waals surface area contributed by atoms with Crippen molar-refractivity contribution in [2.75, 3.05) is 10.6 Å². The number of nitrogens with zero attached hydrogens (tertiary/aromatic N) is 3. The molecular weight excluding hydrogens is 506 g/mol. The van der Waals surface area contributed by atoms with Gasteiger partial charge in [0.25, 0.3) is 0 Å². The zero-order chi connectivity index (χ0) is 28.4. The molecule has 0 unspecified atom stereocenters. The van der Waals surface area contributed by atoms with Gasteiger partial charge in [-0.15, -0.1) is 0 Å². The summed E-state index contributed by atoms with van der Waals surface area (Å²) in [6, 6.07) is 23.3. The fourth-order valence-electron chi connectivity index (χ4n) is 4.18. The van der Waals surface area contributed by atoms with Crippen molar-refractivity contribution in [1.29, 1.82) is 0 Å². The van der Waals surface area contributed by atoms with Gasteiger partial charge >= 0.3 is 12.0 Å². The molecule has 2 amide bonds. The zero-order valence-electron chi connectivity index (χ0n) is 22.6. The summed E-state index contributed by atoms with van der Waals surface area (Å²) >= 11 is 0. The van der Waals surface area contributed by atoms with E-state index in [9.17, 15) is 14.7 Å². The number of nitrogens with one attached hydrogen (secondary N) is 2. The topological polar surface area (TPSA) is 118 Å². The first-order valence-electron chi connectivity index (χ1n) is 12.7. The number of carbonyl (C=O) groups excluding carboxylic acids is 1. The summed E-state index contributed by atoms with van der Waals surface area (Å²) in [6.45, 7) is 8.24. The van der Waals surface area contributed by atoms with Crippen molar-refractivity contribution in [3.63, 3.8) is 0 Å². The first-order valence-corrected chi connectivity index (χ1v) is 12.7. The van der Waals surface area contributed by atoms with Crippen molar-refractivity contribution in [3.05, 3.63) is 102 Å². The van der Waals surface area contributed by atoms with Gasteiger partial charge in [-0.3, -0.25) is 5.32 Å². The quantitative estimate of drug-likeness (QED) is 0.212. The van der Waals surface area contributed by atoms with Gasteiger partial charge in [-0.05, 0) is 37.3 Å². The molecule has 0 aliphatic rings. The molecule has 2 heterocycles. The normalized spacial score (nSPS) is 11.3. The van der Waals surface area contributed by atoms with Crippen LogP contribution in [0.1, 0.15) is 42.5 Å². The molecule has 2 aromatic heterocycles. The molecule has 0 radical (unpaired) electrons. The van der Waals surface area contributed by atoms with Crippen LogP contribution in [0.25, 0.3) is 16.5 Å². The third-order valence-electron chi connectivity index (χ3n) is 6.31. The molecule has 0 bridgehead atoms. The van der Waals surface area contributed by atoms with Crippen molar-refractivity contribution < 1.29 is 19.4 Å². The molecule has 9 nitrogen and oxygen atoms in total. The van der Waals surface area contributed by atoms with E-state index in [1.165, 1.54) is 12.3 Å². The summed E-state index contributed by atoms with van der Waals surface area (Å²) in [7, 11) is 0. The second kappa shape index (κ2) is 10.5. The molecular formula is C31H29N5O4. The monoisotopic (exact) mass is 535 g/mol. The Labute approximate surface area is 231 Å². The van der Waals surface area contributed by atoms with Gasteiger partial charge in [-0.2, -0.15) is 5.10 Å². The highest BCUT2D eigenvalue weighted by atomic mass is 16.5. The third kappa shape index (κ3) is 5.63. The third-order valence-corrected chi connectivity index (χ3v) is 6.31. The number of amides is 2. The van der Waals surface area contributed by atoms with Gasteiger partial charge in [0.15, 0.2) is 5.69 Å². The Morgan fingerprint density at radius 1 is 0.900 bits per heavy atom. The standard InChI is InChI=1S/C31H29N5O4/c1-19-9-11-20(12-10-19)36-28(18-27(35-36)31(2,3)4)34-30(39)33-24-13-14-26(23-8-6-5-7-22(23)24)40-21-15-16-32-25(17-21)29(37)38/h5-18H,1-4H3,(H,37,38)(H2,33,34,39). The SMILES string of the molecule is Cc1ccc(-n2nc(C(C)(C)C)cc2NC(=O)Nc2ccc(Oc3ccnc(C(=O)O)c3)c3ccccc23)cc1. The van der Waals surface area contributed by atoms with E-state index in [1.807, 2.05) is 61.5 Å². The summed E-state index contributed by atoms with van der Waals surface area (Å²) in [5.74, 6) is 0.257. The molecule has 0 aliphatic carbocycles. The predicted octanol–water partition coefficient (Wildman–Crippen LogP) is 7.16. The van der Waals surface area contributed by atoms with Gasteiger partial charge < -0.3 is 15.2 Å². The average molecular weight is 536 g/mol. The van der Waals surface area contributed by atoms with E-state index in [4.69, 9.17) is 9.84 Å². The lowest BCUT2D eigenvalue weighted by atomic mass is 9.92. The van der Waals surface area contributed by atoms with E-state index < -0.39 is 12.0 Å². The van der Waals surface area contributed by atoms with Crippen molar-refractivity contribution >= 4 is 34.3 Å². The molecule has 0 atom stereocenters. The smallest absolute Gasteiger partial charge is 0.354 e. The molecule has 0 saturated heterocycles.